The van der Waals surface area contributed by atoms with Crippen LogP contribution in [0.1, 0.15) is 49.7 Å². The third-order valence-corrected chi connectivity index (χ3v) is 9.98. The first-order chi connectivity index (χ1) is 15.9. The van der Waals surface area contributed by atoms with E-state index in [2.05, 4.69) is 99.2 Å². The van der Waals surface area contributed by atoms with Gasteiger partial charge in [0.1, 0.15) is 0 Å². The lowest BCUT2D eigenvalue weighted by molar-refractivity contribution is 0.632. The van der Waals surface area contributed by atoms with Gasteiger partial charge in [0.2, 0.25) is 0 Å². The van der Waals surface area contributed by atoms with Crippen molar-refractivity contribution in [1.82, 2.24) is 4.98 Å². The Labute approximate surface area is 200 Å². The minimum Gasteiger partial charge on any atom is -0.256 e. The molecule has 0 bridgehead atoms. The predicted octanol–water partition coefficient (Wildman–Crippen LogP) is 8.63. The SMILES string of the molecule is CC(C)c1cc(-c2ccccc2)cc(-c2nccc3cc(C4CCS(C)(C)CC4)ccc23)c1. The molecule has 2 heteroatoms. The number of aromatic nitrogens is 1. The van der Waals surface area contributed by atoms with Crippen LogP contribution in [0.5, 0.6) is 0 Å². The van der Waals surface area contributed by atoms with E-state index in [1.165, 1.54) is 62.9 Å². The Bertz CT molecular complexity index is 1260. The Hall–Kier alpha value is -2.58. The van der Waals surface area contributed by atoms with Crippen molar-refractivity contribution in [2.24, 2.45) is 0 Å². The molecule has 1 aliphatic heterocycles. The molecule has 0 radical (unpaired) electrons. The number of nitrogens with zero attached hydrogens (tertiary/aromatic N) is 1. The lowest BCUT2D eigenvalue weighted by Gasteiger charge is -2.39. The molecule has 0 unspecified atom stereocenters. The normalized spacial score (nSPS) is 17.4. The Morgan fingerprint density at radius 1 is 0.788 bits per heavy atom. The molecule has 33 heavy (non-hydrogen) atoms. The molecule has 3 aromatic carbocycles. The fraction of sp³-hybridized carbons (Fsp3) is 0.323. The zero-order chi connectivity index (χ0) is 23.0. The number of hydrogen-bond acceptors (Lipinski definition) is 1. The summed E-state index contributed by atoms with van der Waals surface area (Å²) in [6.45, 7) is 4.54. The van der Waals surface area contributed by atoms with Gasteiger partial charge in [-0.15, -0.1) is 0 Å². The standard InChI is InChI=1S/C31H35NS/c1-22(2)27-19-28(23-8-6-5-7-9-23)21-29(20-27)31-30-11-10-25(18-26(30)12-15-32-31)24-13-16-33(3,4)17-14-24/h5-12,15,18-22,24H,13-14,16-17H2,1-4H3. The zero-order valence-corrected chi connectivity index (χ0v) is 21.2. The van der Waals surface area contributed by atoms with E-state index in [4.69, 9.17) is 4.98 Å². The van der Waals surface area contributed by atoms with Crippen molar-refractivity contribution >= 4 is 20.8 Å². The second-order valence-corrected chi connectivity index (χ2v) is 14.8. The van der Waals surface area contributed by atoms with Crippen molar-refractivity contribution < 1.29 is 0 Å². The van der Waals surface area contributed by atoms with Crippen molar-refractivity contribution in [1.29, 1.82) is 0 Å². The molecule has 0 N–H and O–H groups in total. The topological polar surface area (TPSA) is 12.9 Å². The maximum atomic E-state index is 4.88. The average molecular weight is 454 g/mol. The summed E-state index contributed by atoms with van der Waals surface area (Å²) >= 11 is 0. The number of benzene rings is 3. The van der Waals surface area contributed by atoms with Crippen molar-refractivity contribution in [3.63, 3.8) is 0 Å². The van der Waals surface area contributed by atoms with Crippen LogP contribution >= 0.6 is 10.0 Å². The van der Waals surface area contributed by atoms with Crippen LogP contribution < -0.4 is 0 Å². The van der Waals surface area contributed by atoms with E-state index in [1.807, 2.05) is 6.20 Å². The summed E-state index contributed by atoms with van der Waals surface area (Å²) < 4.78 is 0. The van der Waals surface area contributed by atoms with Gasteiger partial charge in [0.25, 0.3) is 0 Å². The van der Waals surface area contributed by atoms with Gasteiger partial charge in [-0.2, -0.15) is 0 Å². The number of fused-ring (bicyclic) bond motifs is 1. The Morgan fingerprint density at radius 3 is 2.24 bits per heavy atom. The summed E-state index contributed by atoms with van der Waals surface area (Å²) in [6, 6.07) is 27.0. The van der Waals surface area contributed by atoms with E-state index in [1.54, 1.807) is 0 Å². The molecule has 4 aromatic rings. The second kappa shape index (κ2) is 8.99. The maximum absolute atomic E-state index is 4.88. The van der Waals surface area contributed by atoms with Crippen LogP contribution in [0.15, 0.2) is 79.0 Å². The highest BCUT2D eigenvalue weighted by molar-refractivity contribution is 8.32. The van der Waals surface area contributed by atoms with Gasteiger partial charge in [-0.05, 0) is 94.5 Å². The van der Waals surface area contributed by atoms with E-state index in [0.29, 0.717) is 11.8 Å². The van der Waals surface area contributed by atoms with E-state index in [-0.39, 0.29) is 10.0 Å². The summed E-state index contributed by atoms with van der Waals surface area (Å²) in [6.07, 6.45) is 9.65. The highest BCUT2D eigenvalue weighted by Crippen LogP contribution is 2.49. The minimum atomic E-state index is -0.357. The molecule has 1 fully saturated rings. The van der Waals surface area contributed by atoms with Gasteiger partial charge in [-0.1, -0.05) is 68.4 Å². The monoisotopic (exact) mass is 453 g/mol. The first-order valence-corrected chi connectivity index (χ1v) is 15.0. The van der Waals surface area contributed by atoms with Gasteiger partial charge in [-0.3, -0.25) is 4.98 Å². The quantitative estimate of drug-likeness (QED) is 0.301. The van der Waals surface area contributed by atoms with E-state index in [0.717, 1.165) is 5.69 Å². The van der Waals surface area contributed by atoms with Gasteiger partial charge in [0.05, 0.1) is 5.69 Å². The highest BCUT2D eigenvalue weighted by atomic mass is 32.3. The van der Waals surface area contributed by atoms with Crippen LogP contribution in [0.4, 0.5) is 0 Å². The number of pyridine rings is 1. The van der Waals surface area contributed by atoms with Gasteiger partial charge < -0.3 is 0 Å². The first kappa shape index (κ1) is 22.2. The minimum absolute atomic E-state index is 0.357. The molecule has 1 aromatic heterocycles. The third kappa shape index (κ3) is 4.73. The van der Waals surface area contributed by atoms with Gasteiger partial charge in [0, 0.05) is 17.1 Å². The highest BCUT2D eigenvalue weighted by Gasteiger charge is 2.24. The Balaban J connectivity index is 1.57. The van der Waals surface area contributed by atoms with Crippen LogP contribution in [0.2, 0.25) is 0 Å². The van der Waals surface area contributed by atoms with Crippen molar-refractivity contribution in [3.05, 3.63) is 90.1 Å². The molecule has 170 valence electrons. The summed E-state index contributed by atoms with van der Waals surface area (Å²) in [5.41, 5.74) is 7.68. The van der Waals surface area contributed by atoms with Crippen LogP contribution in [0.25, 0.3) is 33.2 Å². The van der Waals surface area contributed by atoms with Crippen molar-refractivity contribution in [3.8, 4) is 22.4 Å². The van der Waals surface area contributed by atoms with E-state index in [9.17, 15) is 0 Å². The van der Waals surface area contributed by atoms with Crippen LogP contribution in [0, 0.1) is 0 Å². The molecule has 5 rings (SSSR count). The van der Waals surface area contributed by atoms with Gasteiger partial charge in [-0.25, -0.2) is 10.0 Å². The summed E-state index contributed by atoms with van der Waals surface area (Å²) in [5, 5.41) is 2.56. The zero-order valence-electron chi connectivity index (χ0n) is 20.3. The molecule has 1 saturated heterocycles. The lowest BCUT2D eigenvalue weighted by Crippen LogP contribution is -2.18. The maximum Gasteiger partial charge on any atom is 0.0780 e. The Morgan fingerprint density at radius 2 is 1.52 bits per heavy atom. The van der Waals surface area contributed by atoms with E-state index >= 15 is 0 Å². The smallest absolute Gasteiger partial charge is 0.0780 e. The molecule has 1 nitrogen and oxygen atoms in total. The van der Waals surface area contributed by atoms with Crippen LogP contribution in [0.3, 0.4) is 0 Å². The molecule has 1 aliphatic rings. The number of hydrogen-bond donors (Lipinski definition) is 0. The Kier molecular flexibility index (Phi) is 6.05. The van der Waals surface area contributed by atoms with Gasteiger partial charge >= 0.3 is 0 Å². The largest absolute Gasteiger partial charge is 0.256 e. The van der Waals surface area contributed by atoms with Crippen molar-refractivity contribution in [2.75, 3.05) is 24.0 Å². The summed E-state index contributed by atoms with van der Waals surface area (Å²) in [5.74, 6) is 3.98. The third-order valence-electron chi connectivity index (χ3n) is 7.30. The summed E-state index contributed by atoms with van der Waals surface area (Å²) in [4.78, 5) is 4.88. The van der Waals surface area contributed by atoms with Crippen LogP contribution in [-0.2, 0) is 0 Å². The second-order valence-electron chi connectivity index (χ2n) is 10.5. The molecular formula is C31H35NS. The van der Waals surface area contributed by atoms with Crippen LogP contribution in [-0.4, -0.2) is 29.0 Å². The molecule has 2 heterocycles. The van der Waals surface area contributed by atoms with Gasteiger partial charge in [0.15, 0.2) is 0 Å². The lowest BCUT2D eigenvalue weighted by atomic mass is 9.90. The fourth-order valence-electron chi connectivity index (χ4n) is 5.10. The molecule has 0 aliphatic carbocycles. The molecule has 0 amide bonds. The van der Waals surface area contributed by atoms with E-state index < -0.39 is 0 Å². The first-order valence-electron chi connectivity index (χ1n) is 12.2. The fourth-order valence-corrected chi connectivity index (χ4v) is 7.15. The predicted molar refractivity (Wildman–Crippen MR) is 148 cm³/mol. The average Bonchev–Trinajstić information content (AvgIpc) is 2.83. The molecular weight excluding hydrogens is 418 g/mol. The molecule has 0 saturated carbocycles. The molecule has 0 spiro atoms. The molecule has 0 atom stereocenters. The number of rotatable bonds is 4. The van der Waals surface area contributed by atoms with Crippen molar-refractivity contribution in [2.45, 2.75) is 38.5 Å². The summed E-state index contributed by atoms with van der Waals surface area (Å²) in [7, 11) is -0.357.